The zero-order chi connectivity index (χ0) is 17.3. The topological polar surface area (TPSA) is 47.9 Å². The van der Waals surface area contributed by atoms with Gasteiger partial charge in [0.1, 0.15) is 12.6 Å². The molecular formula is C16H29Cl2N4O+. The number of hydrogen-bond donors (Lipinski definition) is 0. The minimum Gasteiger partial charge on any atom is -0.454 e. The fourth-order valence-corrected chi connectivity index (χ4v) is 3.03. The van der Waals surface area contributed by atoms with E-state index >= 15 is 0 Å². The number of rotatable bonds is 11. The van der Waals surface area contributed by atoms with E-state index in [0.29, 0.717) is 0 Å². The SMILES string of the molecule is CCCCCCCC[N+](C)(C)CC(C)Oc1nc(Cl)nc(Cl)n1. The summed E-state index contributed by atoms with van der Waals surface area (Å²) in [6, 6.07) is 0.182. The molecule has 0 aromatic carbocycles. The first kappa shape index (κ1) is 20.4. The number of aromatic nitrogens is 3. The quantitative estimate of drug-likeness (QED) is 0.432. The summed E-state index contributed by atoms with van der Waals surface area (Å²) >= 11 is 11.5. The lowest BCUT2D eigenvalue weighted by Crippen LogP contribution is -2.46. The highest BCUT2D eigenvalue weighted by Gasteiger charge is 2.21. The Morgan fingerprint density at radius 1 is 0.957 bits per heavy atom. The van der Waals surface area contributed by atoms with Gasteiger partial charge in [-0.05, 0) is 43.0 Å². The van der Waals surface area contributed by atoms with Gasteiger partial charge in [0.15, 0.2) is 0 Å². The zero-order valence-corrected chi connectivity index (χ0v) is 16.2. The molecule has 0 aliphatic heterocycles. The Bertz CT molecular complexity index is 451. The number of unbranched alkanes of at least 4 members (excludes halogenated alkanes) is 5. The molecule has 1 unspecified atom stereocenters. The average molecular weight is 364 g/mol. The van der Waals surface area contributed by atoms with Crippen LogP contribution in [0.4, 0.5) is 0 Å². The molecule has 0 spiro atoms. The molecule has 0 radical (unpaired) electrons. The summed E-state index contributed by atoms with van der Waals surface area (Å²) < 4.78 is 6.63. The lowest BCUT2D eigenvalue weighted by atomic mass is 10.1. The second-order valence-corrected chi connectivity index (χ2v) is 7.37. The minimum absolute atomic E-state index is 0.0281. The van der Waals surface area contributed by atoms with Crippen molar-refractivity contribution in [2.24, 2.45) is 0 Å². The van der Waals surface area contributed by atoms with Crippen LogP contribution in [0.5, 0.6) is 6.01 Å². The molecule has 1 atom stereocenters. The van der Waals surface area contributed by atoms with Crippen molar-refractivity contribution in [3.8, 4) is 6.01 Å². The van der Waals surface area contributed by atoms with Crippen LogP contribution < -0.4 is 4.74 Å². The van der Waals surface area contributed by atoms with E-state index in [1.165, 1.54) is 38.5 Å². The molecule has 0 bridgehead atoms. The van der Waals surface area contributed by atoms with E-state index in [1.54, 1.807) is 0 Å². The number of quaternary nitrogens is 1. The van der Waals surface area contributed by atoms with Crippen LogP contribution in [0.25, 0.3) is 0 Å². The Kier molecular flexibility index (Phi) is 9.10. The Hall–Kier alpha value is -0.650. The van der Waals surface area contributed by atoms with Crippen molar-refractivity contribution in [2.75, 3.05) is 27.2 Å². The van der Waals surface area contributed by atoms with E-state index < -0.39 is 0 Å². The molecule has 1 aromatic rings. The van der Waals surface area contributed by atoms with Crippen LogP contribution in [0.2, 0.25) is 10.6 Å². The van der Waals surface area contributed by atoms with Crippen LogP contribution in [-0.2, 0) is 0 Å². The number of likely N-dealkylation sites (N-methyl/N-ethyl adjacent to an activating group) is 1. The van der Waals surface area contributed by atoms with Crippen molar-refractivity contribution < 1.29 is 9.22 Å². The molecule has 0 aliphatic rings. The molecule has 7 heteroatoms. The third-order valence-corrected chi connectivity index (χ3v) is 4.07. The third-order valence-electron chi connectivity index (χ3n) is 3.74. The van der Waals surface area contributed by atoms with Gasteiger partial charge in [0.2, 0.25) is 10.6 Å². The normalized spacial score (nSPS) is 13.1. The highest BCUT2D eigenvalue weighted by molar-refractivity contribution is 6.31. The summed E-state index contributed by atoms with van der Waals surface area (Å²) in [5.74, 6) is 0. The Morgan fingerprint density at radius 3 is 2.13 bits per heavy atom. The molecule has 0 N–H and O–H groups in total. The van der Waals surface area contributed by atoms with Gasteiger partial charge >= 0.3 is 6.01 Å². The fraction of sp³-hybridized carbons (Fsp3) is 0.812. The summed E-state index contributed by atoms with van der Waals surface area (Å²) in [7, 11) is 4.44. The lowest BCUT2D eigenvalue weighted by Gasteiger charge is -2.32. The van der Waals surface area contributed by atoms with E-state index in [2.05, 4.69) is 36.0 Å². The zero-order valence-electron chi connectivity index (χ0n) is 14.7. The molecule has 0 saturated heterocycles. The van der Waals surface area contributed by atoms with Crippen LogP contribution in [0.1, 0.15) is 52.4 Å². The number of halogens is 2. The number of nitrogens with zero attached hydrogens (tertiary/aromatic N) is 4. The molecule has 0 fully saturated rings. The first-order chi connectivity index (χ1) is 10.8. The van der Waals surface area contributed by atoms with E-state index in [-0.39, 0.29) is 22.7 Å². The molecule has 5 nitrogen and oxygen atoms in total. The molecule has 1 rings (SSSR count). The summed E-state index contributed by atoms with van der Waals surface area (Å²) in [5.41, 5.74) is 0. The molecule has 0 saturated carbocycles. The van der Waals surface area contributed by atoms with Crippen molar-refractivity contribution in [2.45, 2.75) is 58.5 Å². The molecule has 1 heterocycles. The van der Waals surface area contributed by atoms with Gasteiger partial charge in [0.25, 0.3) is 0 Å². The molecule has 0 amide bonds. The Labute approximate surface area is 150 Å². The first-order valence-electron chi connectivity index (χ1n) is 8.38. The van der Waals surface area contributed by atoms with Gasteiger partial charge in [-0.25, -0.2) is 0 Å². The third kappa shape index (κ3) is 9.28. The second kappa shape index (κ2) is 10.3. The monoisotopic (exact) mass is 363 g/mol. The van der Waals surface area contributed by atoms with Gasteiger partial charge in [0, 0.05) is 0 Å². The molecule has 23 heavy (non-hydrogen) atoms. The number of ether oxygens (including phenoxy) is 1. The molecule has 0 aliphatic carbocycles. The minimum atomic E-state index is -0.0281. The van der Waals surface area contributed by atoms with Crippen molar-refractivity contribution in [3.05, 3.63) is 10.6 Å². The highest BCUT2D eigenvalue weighted by Crippen LogP contribution is 2.14. The van der Waals surface area contributed by atoms with Crippen molar-refractivity contribution in [1.29, 1.82) is 0 Å². The summed E-state index contributed by atoms with van der Waals surface area (Å²) in [6.07, 6.45) is 7.84. The van der Waals surface area contributed by atoms with E-state index in [0.717, 1.165) is 17.6 Å². The van der Waals surface area contributed by atoms with Gasteiger partial charge in [-0.2, -0.15) is 15.0 Å². The number of hydrogen-bond acceptors (Lipinski definition) is 4. The molecule has 1 aromatic heterocycles. The van der Waals surface area contributed by atoms with Crippen LogP contribution in [0, 0.1) is 0 Å². The van der Waals surface area contributed by atoms with Gasteiger partial charge in [-0.3, -0.25) is 0 Å². The largest absolute Gasteiger partial charge is 0.454 e. The van der Waals surface area contributed by atoms with E-state index in [4.69, 9.17) is 27.9 Å². The standard InChI is InChI=1S/C16H29Cl2N4O/c1-5-6-7-8-9-10-11-22(3,4)12-13(2)23-16-20-14(17)19-15(18)21-16/h13H,5-12H2,1-4H3/q+1. The van der Waals surface area contributed by atoms with Gasteiger partial charge in [0.05, 0.1) is 20.6 Å². The van der Waals surface area contributed by atoms with Gasteiger partial charge in [-0.1, -0.05) is 32.6 Å². The first-order valence-corrected chi connectivity index (χ1v) is 9.13. The van der Waals surface area contributed by atoms with Crippen molar-refractivity contribution in [3.63, 3.8) is 0 Å². The lowest BCUT2D eigenvalue weighted by molar-refractivity contribution is -0.893. The predicted molar refractivity (Wildman–Crippen MR) is 95.2 cm³/mol. The maximum absolute atomic E-state index is 5.76. The average Bonchev–Trinajstić information content (AvgIpc) is 2.40. The van der Waals surface area contributed by atoms with Crippen LogP contribution in [-0.4, -0.2) is 52.7 Å². The van der Waals surface area contributed by atoms with Crippen molar-refractivity contribution in [1.82, 2.24) is 15.0 Å². The summed E-state index contributed by atoms with van der Waals surface area (Å²) in [4.78, 5) is 11.6. The fourth-order valence-electron chi connectivity index (χ4n) is 2.69. The maximum atomic E-state index is 5.76. The Morgan fingerprint density at radius 2 is 1.52 bits per heavy atom. The Balaban J connectivity index is 2.34. The van der Waals surface area contributed by atoms with Gasteiger partial charge < -0.3 is 9.22 Å². The predicted octanol–water partition coefficient (Wildman–Crippen LogP) is 4.38. The smallest absolute Gasteiger partial charge is 0.322 e. The summed E-state index contributed by atoms with van der Waals surface area (Å²) in [6.45, 7) is 6.26. The summed E-state index contributed by atoms with van der Waals surface area (Å²) in [5, 5.41) is 0.0982. The molecular weight excluding hydrogens is 335 g/mol. The van der Waals surface area contributed by atoms with E-state index in [9.17, 15) is 0 Å². The maximum Gasteiger partial charge on any atom is 0.322 e. The van der Waals surface area contributed by atoms with Crippen LogP contribution in [0.15, 0.2) is 0 Å². The van der Waals surface area contributed by atoms with Gasteiger partial charge in [-0.15, -0.1) is 0 Å². The van der Waals surface area contributed by atoms with E-state index in [1.807, 2.05) is 6.92 Å². The highest BCUT2D eigenvalue weighted by atomic mass is 35.5. The second-order valence-electron chi connectivity index (χ2n) is 6.69. The van der Waals surface area contributed by atoms with Crippen LogP contribution >= 0.6 is 23.2 Å². The van der Waals surface area contributed by atoms with Crippen LogP contribution in [0.3, 0.4) is 0 Å². The molecule has 132 valence electrons. The van der Waals surface area contributed by atoms with Crippen molar-refractivity contribution >= 4 is 23.2 Å².